The smallest absolute Gasteiger partial charge is 0.308 e. The number of hydrogen-bond donors (Lipinski definition) is 1. The third kappa shape index (κ3) is 3.88. The van der Waals surface area contributed by atoms with Crippen LogP contribution in [0.1, 0.15) is 19.8 Å². The molecule has 0 amide bonds. The summed E-state index contributed by atoms with van der Waals surface area (Å²) < 4.78 is 31.8. The standard InChI is InChI=1S/C11H22N2O5S/c1-3-12(8-9-14)19(16,17)13-6-4-10(5-7-13)11(15)18-2/h10,14H,3-9H2,1-2H3. The monoisotopic (exact) mass is 294 g/mol. The van der Waals surface area contributed by atoms with Crippen LogP contribution in [0.25, 0.3) is 0 Å². The highest BCUT2D eigenvalue weighted by Crippen LogP contribution is 2.22. The van der Waals surface area contributed by atoms with Gasteiger partial charge in [-0.2, -0.15) is 17.0 Å². The van der Waals surface area contributed by atoms with Crippen LogP contribution in [0.2, 0.25) is 0 Å². The zero-order valence-electron chi connectivity index (χ0n) is 11.4. The van der Waals surface area contributed by atoms with Gasteiger partial charge in [-0.25, -0.2) is 0 Å². The van der Waals surface area contributed by atoms with Crippen LogP contribution in [0, 0.1) is 5.92 Å². The molecule has 0 atom stereocenters. The van der Waals surface area contributed by atoms with E-state index in [-0.39, 0.29) is 25.0 Å². The molecule has 112 valence electrons. The lowest BCUT2D eigenvalue weighted by atomic mass is 9.99. The van der Waals surface area contributed by atoms with Crippen LogP contribution in [0.4, 0.5) is 0 Å². The quantitative estimate of drug-likeness (QED) is 0.663. The molecule has 0 aliphatic carbocycles. The molecule has 0 bridgehead atoms. The first-order valence-corrected chi connectivity index (χ1v) is 7.81. The number of methoxy groups -OCH3 is 1. The number of carbonyl (C=O) groups excluding carboxylic acids is 1. The summed E-state index contributed by atoms with van der Waals surface area (Å²) in [5.41, 5.74) is 0. The Morgan fingerprint density at radius 3 is 2.42 bits per heavy atom. The van der Waals surface area contributed by atoms with Crippen LogP contribution in [-0.2, 0) is 19.7 Å². The number of rotatable bonds is 6. The van der Waals surface area contributed by atoms with Gasteiger partial charge < -0.3 is 9.84 Å². The Bertz CT molecular complexity index is 390. The van der Waals surface area contributed by atoms with Gasteiger partial charge >= 0.3 is 5.97 Å². The van der Waals surface area contributed by atoms with Crippen LogP contribution in [0.3, 0.4) is 0 Å². The molecule has 0 aromatic carbocycles. The van der Waals surface area contributed by atoms with Crippen molar-refractivity contribution in [2.75, 3.05) is 39.9 Å². The summed E-state index contributed by atoms with van der Waals surface area (Å²) in [6, 6.07) is 0. The Hall–Kier alpha value is -0.700. The summed E-state index contributed by atoms with van der Waals surface area (Å²) in [7, 11) is -2.20. The molecule has 0 spiro atoms. The first-order valence-electron chi connectivity index (χ1n) is 6.41. The van der Waals surface area contributed by atoms with Crippen molar-refractivity contribution in [1.29, 1.82) is 0 Å². The van der Waals surface area contributed by atoms with Crippen molar-refractivity contribution in [3.8, 4) is 0 Å². The van der Waals surface area contributed by atoms with Gasteiger partial charge in [0.2, 0.25) is 0 Å². The molecular formula is C11H22N2O5S. The number of aliphatic hydroxyl groups is 1. The fourth-order valence-electron chi connectivity index (χ4n) is 2.20. The van der Waals surface area contributed by atoms with Crippen LogP contribution < -0.4 is 0 Å². The fraction of sp³-hybridized carbons (Fsp3) is 0.909. The fourth-order valence-corrected chi connectivity index (χ4v) is 3.84. The second-order valence-electron chi connectivity index (χ2n) is 4.42. The molecule has 1 heterocycles. The highest BCUT2D eigenvalue weighted by Gasteiger charge is 2.34. The van der Waals surface area contributed by atoms with Gasteiger partial charge in [-0.05, 0) is 12.8 Å². The summed E-state index contributed by atoms with van der Waals surface area (Å²) >= 11 is 0. The van der Waals surface area contributed by atoms with Crippen LogP contribution in [-0.4, -0.2) is 68.0 Å². The average molecular weight is 294 g/mol. The Morgan fingerprint density at radius 1 is 1.42 bits per heavy atom. The molecule has 0 saturated carbocycles. The Labute approximate surface area is 114 Å². The van der Waals surface area contributed by atoms with Gasteiger partial charge in [0, 0.05) is 26.2 Å². The van der Waals surface area contributed by atoms with Gasteiger partial charge in [-0.1, -0.05) is 6.92 Å². The molecule has 0 radical (unpaired) electrons. The van der Waals surface area contributed by atoms with E-state index in [0.29, 0.717) is 32.5 Å². The first-order chi connectivity index (χ1) is 8.97. The molecule has 0 aromatic rings. The molecule has 1 fully saturated rings. The van der Waals surface area contributed by atoms with E-state index in [0.717, 1.165) is 0 Å². The Kier molecular flexibility index (Phi) is 6.18. The molecule has 0 unspecified atom stereocenters. The number of nitrogens with zero attached hydrogens (tertiary/aromatic N) is 2. The second-order valence-corrected chi connectivity index (χ2v) is 6.35. The third-order valence-electron chi connectivity index (χ3n) is 3.34. The highest BCUT2D eigenvalue weighted by molar-refractivity contribution is 7.86. The molecule has 7 nitrogen and oxygen atoms in total. The molecule has 1 aliphatic rings. The average Bonchev–Trinajstić information content (AvgIpc) is 2.43. The summed E-state index contributed by atoms with van der Waals surface area (Å²) in [6.07, 6.45) is 0.950. The van der Waals surface area contributed by atoms with Crippen molar-refractivity contribution in [3.05, 3.63) is 0 Å². The van der Waals surface area contributed by atoms with E-state index in [1.807, 2.05) is 0 Å². The van der Waals surface area contributed by atoms with Crippen molar-refractivity contribution in [2.24, 2.45) is 5.92 Å². The lowest BCUT2D eigenvalue weighted by Crippen LogP contribution is -2.48. The number of esters is 1. The van der Waals surface area contributed by atoms with Crippen molar-refractivity contribution in [3.63, 3.8) is 0 Å². The molecular weight excluding hydrogens is 272 g/mol. The minimum atomic E-state index is -3.54. The normalized spacial score (nSPS) is 18.7. The third-order valence-corrected chi connectivity index (χ3v) is 5.45. The predicted molar refractivity (Wildman–Crippen MR) is 69.6 cm³/mol. The van der Waals surface area contributed by atoms with Crippen molar-refractivity contribution in [2.45, 2.75) is 19.8 Å². The predicted octanol–water partition coefficient (Wildman–Crippen LogP) is -0.570. The summed E-state index contributed by atoms with van der Waals surface area (Å²) in [5, 5.41) is 8.89. The van der Waals surface area contributed by atoms with Gasteiger partial charge in [0.25, 0.3) is 10.2 Å². The first kappa shape index (κ1) is 16.4. The molecule has 0 aromatic heterocycles. The second kappa shape index (κ2) is 7.18. The highest BCUT2D eigenvalue weighted by atomic mass is 32.2. The van der Waals surface area contributed by atoms with Gasteiger partial charge in [0.1, 0.15) is 0 Å². The minimum Gasteiger partial charge on any atom is -0.469 e. The number of piperidine rings is 1. The van der Waals surface area contributed by atoms with Gasteiger partial charge in [0.05, 0.1) is 19.6 Å². The van der Waals surface area contributed by atoms with E-state index < -0.39 is 10.2 Å². The van der Waals surface area contributed by atoms with E-state index in [1.54, 1.807) is 6.92 Å². The van der Waals surface area contributed by atoms with Crippen LogP contribution in [0.15, 0.2) is 0 Å². The zero-order chi connectivity index (χ0) is 14.5. The molecule has 19 heavy (non-hydrogen) atoms. The molecule has 1 aliphatic heterocycles. The molecule has 1 saturated heterocycles. The van der Waals surface area contributed by atoms with Gasteiger partial charge in [0.15, 0.2) is 0 Å². The lowest BCUT2D eigenvalue weighted by Gasteiger charge is -2.33. The number of ether oxygens (including phenoxy) is 1. The Morgan fingerprint density at radius 2 is 2.00 bits per heavy atom. The molecule has 1 rings (SSSR count). The van der Waals surface area contributed by atoms with Gasteiger partial charge in [-0.15, -0.1) is 0 Å². The zero-order valence-corrected chi connectivity index (χ0v) is 12.2. The van der Waals surface area contributed by atoms with Gasteiger partial charge in [-0.3, -0.25) is 4.79 Å². The van der Waals surface area contributed by atoms with E-state index in [4.69, 9.17) is 5.11 Å². The number of aliphatic hydroxyl groups excluding tert-OH is 1. The number of hydrogen-bond acceptors (Lipinski definition) is 5. The maximum atomic E-state index is 12.3. The van der Waals surface area contributed by atoms with E-state index >= 15 is 0 Å². The summed E-state index contributed by atoms with van der Waals surface area (Å²) in [4.78, 5) is 11.4. The molecule has 8 heteroatoms. The van der Waals surface area contributed by atoms with E-state index in [2.05, 4.69) is 4.74 Å². The van der Waals surface area contributed by atoms with Crippen molar-refractivity contribution in [1.82, 2.24) is 8.61 Å². The summed E-state index contributed by atoms with van der Waals surface area (Å²) in [6.45, 7) is 2.56. The number of carbonyl (C=O) groups is 1. The largest absolute Gasteiger partial charge is 0.469 e. The molecule has 1 N–H and O–H groups in total. The van der Waals surface area contributed by atoms with Crippen molar-refractivity contribution >= 4 is 16.2 Å². The van der Waals surface area contributed by atoms with Crippen LogP contribution >= 0.6 is 0 Å². The number of likely N-dealkylation sites (N-methyl/N-ethyl adjacent to an activating group) is 1. The van der Waals surface area contributed by atoms with E-state index in [1.165, 1.54) is 15.7 Å². The topological polar surface area (TPSA) is 87.2 Å². The minimum absolute atomic E-state index is 0.0930. The maximum absolute atomic E-state index is 12.3. The Balaban J connectivity index is 2.65. The van der Waals surface area contributed by atoms with E-state index in [9.17, 15) is 13.2 Å². The van der Waals surface area contributed by atoms with Crippen LogP contribution in [0.5, 0.6) is 0 Å². The SMILES string of the molecule is CCN(CCO)S(=O)(=O)N1CCC(C(=O)OC)CC1. The summed E-state index contributed by atoms with van der Waals surface area (Å²) in [5.74, 6) is -0.496. The maximum Gasteiger partial charge on any atom is 0.308 e. The lowest BCUT2D eigenvalue weighted by molar-refractivity contribution is -0.146. The van der Waals surface area contributed by atoms with Crippen molar-refractivity contribution < 1.29 is 23.1 Å².